The molecule has 0 unspecified atom stereocenters. The first-order chi connectivity index (χ1) is 24.2. The normalized spacial score (nSPS) is 11.9. The van der Waals surface area contributed by atoms with Crippen molar-refractivity contribution in [2.75, 3.05) is 14.2 Å². The quantitative estimate of drug-likeness (QED) is 0.196. The zero-order valence-electron chi connectivity index (χ0n) is 26.7. The molecule has 0 aliphatic carbocycles. The summed E-state index contributed by atoms with van der Waals surface area (Å²) in [4.78, 5) is 7.29. The first-order valence-corrected chi connectivity index (χ1v) is 16.9. The van der Waals surface area contributed by atoms with Crippen LogP contribution in [0.25, 0.3) is 32.8 Å². The van der Waals surface area contributed by atoms with Gasteiger partial charge in [-0.25, -0.2) is 0 Å². The molecule has 2 N–H and O–H groups in total. The van der Waals surface area contributed by atoms with Crippen LogP contribution >= 0.6 is 11.7 Å². The molecule has 12 aliphatic rings. The molecule has 234 valence electrons. The van der Waals surface area contributed by atoms with Crippen molar-refractivity contribution in [2.24, 2.45) is 0 Å². The molecule has 9 aromatic rings. The van der Waals surface area contributed by atoms with Crippen LogP contribution in [0.5, 0.6) is 11.5 Å². The maximum Gasteiger partial charge on any atom is 0.152 e. The zero-order chi connectivity index (χ0) is 32.6. The van der Waals surface area contributed by atoms with Gasteiger partial charge in [-0.05, 0) is 53.9 Å². The van der Waals surface area contributed by atoms with E-state index in [0.717, 1.165) is 107 Å². The summed E-state index contributed by atoms with van der Waals surface area (Å²) in [5.41, 5.74) is 3.66. The Hall–Kier alpha value is -6.18. The number of hydrogen-bond acceptors (Lipinski definition) is 5. The predicted molar refractivity (Wildman–Crippen MR) is 192 cm³/mol. The lowest BCUT2D eigenvalue weighted by Gasteiger charge is -2.09. The third-order valence-corrected chi connectivity index (χ3v) is 10.4. The SMILES string of the molecule is COc1c2cc3[nH]c2c(OC)c2cc([nH]c12)=c1ccc(cc1)=c1ccc(cc1)=c1ccc(c2nsnc12)=c1ccc(cc1)=c1ccc=3cc1. The molecule has 12 aliphatic heterocycles. The van der Waals surface area contributed by atoms with Gasteiger partial charge in [-0.1, -0.05) is 109 Å². The van der Waals surface area contributed by atoms with Crippen molar-refractivity contribution < 1.29 is 9.47 Å². The van der Waals surface area contributed by atoms with Gasteiger partial charge in [0.05, 0.1) is 37.0 Å². The molecule has 0 fully saturated rings. The Morgan fingerprint density at radius 3 is 1.10 bits per heavy atom. The van der Waals surface area contributed by atoms with Crippen LogP contribution in [0.2, 0.25) is 0 Å². The van der Waals surface area contributed by atoms with Crippen molar-refractivity contribution in [3.63, 3.8) is 0 Å². The second kappa shape index (κ2) is 10.7. The van der Waals surface area contributed by atoms with E-state index in [1.165, 1.54) is 11.7 Å². The Morgan fingerprint density at radius 2 is 0.755 bits per heavy atom. The van der Waals surface area contributed by atoms with Crippen LogP contribution < -0.4 is 9.47 Å². The molecule has 0 amide bonds. The molecule has 6 aromatic carbocycles. The number of nitrogens with zero attached hydrogens (tertiary/aromatic N) is 2. The van der Waals surface area contributed by atoms with E-state index in [0.29, 0.717) is 0 Å². The Kier molecular flexibility index (Phi) is 6.07. The van der Waals surface area contributed by atoms with E-state index >= 15 is 0 Å². The van der Waals surface area contributed by atoms with Crippen LogP contribution in [0.4, 0.5) is 0 Å². The number of nitrogens with one attached hydrogen (secondary N) is 2. The monoisotopic (exact) mass is 652 g/mol. The number of rotatable bonds is 2. The second-order valence-electron chi connectivity index (χ2n) is 12.4. The number of aromatic amines is 2. The fourth-order valence-electron chi connectivity index (χ4n) is 7.33. The van der Waals surface area contributed by atoms with Crippen LogP contribution in [0.3, 0.4) is 0 Å². The third-order valence-electron chi connectivity index (χ3n) is 9.85. The molecule has 21 rings (SSSR count). The molecule has 15 heterocycles. The summed E-state index contributed by atoms with van der Waals surface area (Å²) >= 11 is 1.26. The van der Waals surface area contributed by atoms with Gasteiger partial charge in [0.25, 0.3) is 0 Å². The van der Waals surface area contributed by atoms with Gasteiger partial charge in [-0.15, -0.1) is 0 Å². The number of hydrogen-bond donors (Lipinski definition) is 2. The summed E-state index contributed by atoms with van der Waals surface area (Å²) in [6, 6.07) is 43.3. The van der Waals surface area contributed by atoms with Crippen molar-refractivity contribution in [3.8, 4) is 11.5 Å². The first kappa shape index (κ1) is 27.9. The lowest BCUT2D eigenvalue weighted by Crippen LogP contribution is -1.90. The van der Waals surface area contributed by atoms with E-state index in [1.807, 2.05) is 0 Å². The Morgan fingerprint density at radius 1 is 0.429 bits per heavy atom. The highest BCUT2D eigenvalue weighted by Crippen LogP contribution is 2.42. The molecule has 49 heavy (non-hydrogen) atoms. The second-order valence-corrected chi connectivity index (χ2v) is 13.0. The summed E-state index contributed by atoms with van der Waals surface area (Å²) in [7, 11) is 3.44. The minimum absolute atomic E-state index is 0.782. The van der Waals surface area contributed by atoms with E-state index in [4.69, 9.17) is 18.2 Å². The molecule has 3 aromatic heterocycles. The van der Waals surface area contributed by atoms with Gasteiger partial charge in [0.2, 0.25) is 0 Å². The van der Waals surface area contributed by atoms with Crippen molar-refractivity contribution in [3.05, 3.63) is 184 Å². The van der Waals surface area contributed by atoms with Gasteiger partial charge in [0.1, 0.15) is 11.0 Å². The van der Waals surface area contributed by atoms with Gasteiger partial charge in [-0.3, -0.25) is 0 Å². The van der Waals surface area contributed by atoms with Crippen LogP contribution in [0.15, 0.2) is 121 Å². The smallest absolute Gasteiger partial charge is 0.152 e. The van der Waals surface area contributed by atoms with E-state index in [1.54, 1.807) is 14.2 Å². The number of H-pyrrole nitrogens is 2. The molecule has 6 nitrogen and oxygen atoms in total. The standard InChI is InChI=1S/C42H28N4O2S/c1-47-41-33-21-35-29-15-7-25(8-16-29)23-3-11-27(12-4-23)31-19-20-32(38-37(31)45-49-46-38)28-13-5-24(6-14-28)26-9-17-30(18-10-26)36-22-34(39(41)43-36)42(48-2)40(33)44-35/h3-22,43-44H,1-2H3. The lowest BCUT2D eigenvalue weighted by atomic mass is 10.1. The zero-order valence-corrected chi connectivity index (χ0v) is 27.5. The number of ether oxygens (including phenoxy) is 2. The summed E-state index contributed by atoms with van der Waals surface area (Å²) in [5, 5.41) is 15.1. The van der Waals surface area contributed by atoms with Crippen LogP contribution in [-0.4, -0.2) is 32.9 Å². The van der Waals surface area contributed by atoms with Crippen molar-refractivity contribution in [1.29, 1.82) is 0 Å². The summed E-state index contributed by atoms with van der Waals surface area (Å²) in [6.07, 6.45) is 0. The lowest BCUT2D eigenvalue weighted by molar-refractivity contribution is 0.417. The van der Waals surface area contributed by atoms with Crippen molar-refractivity contribution in [1.82, 2.24) is 18.7 Å². The highest BCUT2D eigenvalue weighted by Gasteiger charge is 2.18. The largest absolute Gasteiger partial charge is 0.494 e. The fourth-order valence-corrected chi connectivity index (χ4v) is 7.91. The van der Waals surface area contributed by atoms with Gasteiger partial charge in [0, 0.05) is 31.9 Å². The summed E-state index contributed by atoms with van der Waals surface area (Å²) < 4.78 is 21.6. The third kappa shape index (κ3) is 4.26. The molecule has 7 heteroatoms. The van der Waals surface area contributed by atoms with E-state index in [2.05, 4.69) is 131 Å². The summed E-state index contributed by atoms with van der Waals surface area (Å²) in [5.74, 6) is 1.56. The number of methoxy groups -OCH3 is 2. The average Bonchev–Trinajstić information content (AvgIpc) is 3.93. The highest BCUT2D eigenvalue weighted by atomic mass is 32.1. The van der Waals surface area contributed by atoms with Crippen molar-refractivity contribution >= 4 is 44.6 Å². The maximum absolute atomic E-state index is 6.05. The minimum Gasteiger partial charge on any atom is -0.494 e. The van der Waals surface area contributed by atoms with E-state index in [9.17, 15) is 0 Å². The predicted octanol–water partition coefficient (Wildman–Crippen LogP) is 8.71. The summed E-state index contributed by atoms with van der Waals surface area (Å²) in [6.45, 7) is 0. The van der Waals surface area contributed by atoms with Crippen LogP contribution in [-0.2, 0) is 0 Å². The molecule has 0 spiro atoms. The average molecular weight is 653 g/mol. The molecular weight excluding hydrogens is 625 g/mol. The van der Waals surface area contributed by atoms with Crippen molar-refractivity contribution in [2.45, 2.75) is 0 Å². The Bertz CT molecular complexity index is 3070. The Labute approximate surface area is 281 Å². The minimum atomic E-state index is 0.782. The van der Waals surface area contributed by atoms with Crippen LogP contribution in [0.1, 0.15) is 0 Å². The number of aromatic nitrogens is 4. The molecule has 0 radical (unpaired) electrons. The Balaban J connectivity index is 1.37. The van der Waals surface area contributed by atoms with E-state index in [-0.39, 0.29) is 0 Å². The number of benzene rings is 6. The molecule has 0 atom stereocenters. The molecule has 16 bridgehead atoms. The van der Waals surface area contributed by atoms with Gasteiger partial charge in [0.15, 0.2) is 11.5 Å². The highest BCUT2D eigenvalue weighted by molar-refractivity contribution is 7.00. The fraction of sp³-hybridized carbons (Fsp3) is 0.0476. The molecule has 0 saturated carbocycles. The van der Waals surface area contributed by atoms with Gasteiger partial charge >= 0.3 is 0 Å². The van der Waals surface area contributed by atoms with E-state index < -0.39 is 0 Å². The first-order valence-electron chi connectivity index (χ1n) is 16.1. The topological polar surface area (TPSA) is 75.8 Å². The molecular formula is C42H28N4O2S. The van der Waals surface area contributed by atoms with Gasteiger partial charge < -0.3 is 19.4 Å². The maximum atomic E-state index is 6.05. The van der Waals surface area contributed by atoms with Gasteiger partial charge in [-0.2, -0.15) is 8.75 Å². The molecule has 0 saturated heterocycles. The van der Waals surface area contributed by atoms with Crippen LogP contribution in [0, 0.1) is 62.9 Å².